The molecule has 0 aliphatic carbocycles. The van der Waals surface area contributed by atoms with E-state index in [-0.39, 0.29) is 11.7 Å². The SMILES string of the molecule is Cc1cccc(C)c1NC(=O)[C@@H](C)OC(=O)CSc1ccc2c(c1)OCCO2. The highest BCUT2D eigenvalue weighted by Gasteiger charge is 2.20. The molecule has 2 aromatic rings. The van der Waals surface area contributed by atoms with Gasteiger partial charge in [-0.25, -0.2) is 0 Å². The molecule has 2 aromatic carbocycles. The number of aryl methyl sites for hydroxylation is 2. The number of para-hydroxylation sites is 1. The lowest BCUT2D eigenvalue weighted by Crippen LogP contribution is -2.31. The maximum absolute atomic E-state index is 12.4. The van der Waals surface area contributed by atoms with Crippen molar-refractivity contribution >= 4 is 29.3 Å². The topological polar surface area (TPSA) is 73.9 Å². The van der Waals surface area contributed by atoms with Crippen molar-refractivity contribution in [3.8, 4) is 11.5 Å². The summed E-state index contributed by atoms with van der Waals surface area (Å²) in [4.78, 5) is 25.4. The van der Waals surface area contributed by atoms with Gasteiger partial charge in [-0.05, 0) is 50.1 Å². The van der Waals surface area contributed by atoms with Crippen molar-refractivity contribution in [1.82, 2.24) is 0 Å². The minimum atomic E-state index is -0.882. The fourth-order valence-corrected chi connectivity index (χ4v) is 3.48. The van der Waals surface area contributed by atoms with E-state index in [1.54, 1.807) is 6.92 Å². The first-order chi connectivity index (χ1) is 13.4. The Morgan fingerprint density at radius 3 is 2.50 bits per heavy atom. The molecule has 1 aliphatic rings. The largest absolute Gasteiger partial charge is 0.486 e. The van der Waals surface area contributed by atoms with E-state index >= 15 is 0 Å². The van der Waals surface area contributed by atoms with Crippen molar-refractivity contribution in [1.29, 1.82) is 0 Å². The van der Waals surface area contributed by atoms with Gasteiger partial charge in [0.05, 0.1) is 5.75 Å². The van der Waals surface area contributed by atoms with Crippen LogP contribution in [0.2, 0.25) is 0 Å². The van der Waals surface area contributed by atoms with E-state index in [2.05, 4.69) is 5.32 Å². The summed E-state index contributed by atoms with van der Waals surface area (Å²) in [6.07, 6.45) is -0.882. The third-order valence-corrected chi connectivity index (χ3v) is 5.24. The van der Waals surface area contributed by atoms with Gasteiger partial charge in [-0.2, -0.15) is 0 Å². The molecule has 28 heavy (non-hydrogen) atoms. The third kappa shape index (κ3) is 4.98. The number of nitrogens with one attached hydrogen (secondary N) is 1. The second-order valence-corrected chi connectivity index (χ2v) is 7.53. The first-order valence-corrected chi connectivity index (χ1v) is 10.0. The van der Waals surface area contributed by atoms with Crippen LogP contribution < -0.4 is 14.8 Å². The third-order valence-electron chi connectivity index (χ3n) is 4.28. The summed E-state index contributed by atoms with van der Waals surface area (Å²) < 4.78 is 16.3. The highest BCUT2D eigenvalue weighted by Crippen LogP contribution is 2.34. The van der Waals surface area contributed by atoms with E-state index in [0.29, 0.717) is 24.7 Å². The Morgan fingerprint density at radius 2 is 1.79 bits per heavy atom. The molecular weight excluding hydrogens is 378 g/mol. The van der Waals surface area contributed by atoms with Gasteiger partial charge in [-0.15, -0.1) is 11.8 Å². The second kappa shape index (κ2) is 9.01. The zero-order valence-corrected chi connectivity index (χ0v) is 16.9. The summed E-state index contributed by atoms with van der Waals surface area (Å²) >= 11 is 1.32. The van der Waals surface area contributed by atoms with Crippen LogP contribution >= 0.6 is 11.8 Å². The average Bonchev–Trinajstić information content (AvgIpc) is 2.69. The minimum absolute atomic E-state index is 0.0979. The molecule has 1 atom stereocenters. The Kier molecular flexibility index (Phi) is 6.46. The number of carbonyl (C=O) groups excluding carboxylic acids is 2. The molecule has 7 heteroatoms. The molecule has 6 nitrogen and oxygen atoms in total. The molecule has 1 aliphatic heterocycles. The van der Waals surface area contributed by atoms with E-state index < -0.39 is 12.1 Å². The molecule has 0 saturated heterocycles. The van der Waals surface area contributed by atoms with Crippen LogP contribution in [0.15, 0.2) is 41.3 Å². The number of hydrogen-bond acceptors (Lipinski definition) is 6. The number of rotatable bonds is 6. The lowest BCUT2D eigenvalue weighted by atomic mass is 10.1. The standard InChI is InChI=1S/C21H23NO5S/c1-13-5-4-6-14(2)20(13)22-21(24)15(3)27-19(23)12-28-16-7-8-17-18(11-16)26-10-9-25-17/h4-8,11,15H,9-10,12H2,1-3H3,(H,22,24)/t15-/m1/s1. The number of hydrogen-bond donors (Lipinski definition) is 1. The molecule has 0 radical (unpaired) electrons. The predicted octanol–water partition coefficient (Wildman–Crippen LogP) is 3.74. The van der Waals surface area contributed by atoms with Crippen molar-refractivity contribution in [2.45, 2.75) is 31.8 Å². The van der Waals surface area contributed by atoms with Crippen LogP contribution in [-0.2, 0) is 14.3 Å². The van der Waals surface area contributed by atoms with Gasteiger partial charge in [0.25, 0.3) is 5.91 Å². The smallest absolute Gasteiger partial charge is 0.317 e. The van der Waals surface area contributed by atoms with Gasteiger partial charge in [0, 0.05) is 10.6 Å². The number of fused-ring (bicyclic) bond motifs is 1. The van der Waals surface area contributed by atoms with Crippen molar-refractivity contribution in [2.75, 3.05) is 24.3 Å². The van der Waals surface area contributed by atoms with Crippen LogP contribution in [0.1, 0.15) is 18.1 Å². The quantitative estimate of drug-likeness (QED) is 0.587. The van der Waals surface area contributed by atoms with Gasteiger partial charge in [-0.1, -0.05) is 18.2 Å². The fourth-order valence-electron chi connectivity index (χ4n) is 2.78. The average molecular weight is 401 g/mol. The van der Waals surface area contributed by atoms with Gasteiger partial charge in [-0.3, -0.25) is 9.59 Å². The molecule has 0 fully saturated rings. The van der Waals surface area contributed by atoms with E-state index in [4.69, 9.17) is 14.2 Å². The number of esters is 1. The van der Waals surface area contributed by atoms with Gasteiger partial charge < -0.3 is 19.5 Å². The summed E-state index contributed by atoms with van der Waals surface area (Å²) in [6, 6.07) is 11.3. The van der Waals surface area contributed by atoms with E-state index in [0.717, 1.165) is 21.7 Å². The van der Waals surface area contributed by atoms with Crippen molar-refractivity contribution in [2.24, 2.45) is 0 Å². The molecule has 0 saturated carbocycles. The highest BCUT2D eigenvalue weighted by atomic mass is 32.2. The molecular formula is C21H23NO5S. The van der Waals surface area contributed by atoms with E-state index in [1.807, 2.05) is 50.2 Å². The zero-order valence-electron chi connectivity index (χ0n) is 16.1. The van der Waals surface area contributed by atoms with Crippen molar-refractivity contribution < 1.29 is 23.8 Å². The number of ether oxygens (including phenoxy) is 3. The molecule has 0 spiro atoms. The minimum Gasteiger partial charge on any atom is -0.486 e. The molecule has 1 heterocycles. The monoisotopic (exact) mass is 401 g/mol. The molecule has 0 unspecified atom stereocenters. The molecule has 3 rings (SSSR count). The first kappa shape index (κ1) is 20.1. The van der Waals surface area contributed by atoms with Gasteiger partial charge >= 0.3 is 5.97 Å². The lowest BCUT2D eigenvalue weighted by Gasteiger charge is -2.18. The number of thioether (sulfide) groups is 1. The lowest BCUT2D eigenvalue weighted by molar-refractivity contribution is -0.150. The molecule has 0 aromatic heterocycles. The number of amides is 1. The summed E-state index contributed by atoms with van der Waals surface area (Å²) in [5.74, 6) is 0.667. The first-order valence-electron chi connectivity index (χ1n) is 9.03. The fraction of sp³-hybridized carbons (Fsp3) is 0.333. The Labute approximate surface area is 168 Å². The molecule has 1 amide bonds. The second-order valence-electron chi connectivity index (χ2n) is 6.48. The van der Waals surface area contributed by atoms with Gasteiger partial charge in [0.15, 0.2) is 17.6 Å². The van der Waals surface area contributed by atoms with Crippen LogP contribution in [0.25, 0.3) is 0 Å². The summed E-state index contributed by atoms with van der Waals surface area (Å²) in [7, 11) is 0. The van der Waals surface area contributed by atoms with Crippen molar-refractivity contribution in [3.05, 3.63) is 47.5 Å². The van der Waals surface area contributed by atoms with Gasteiger partial charge in [0.2, 0.25) is 0 Å². The Balaban J connectivity index is 1.51. The van der Waals surface area contributed by atoms with E-state index in [9.17, 15) is 9.59 Å². The predicted molar refractivity (Wildman–Crippen MR) is 108 cm³/mol. The Morgan fingerprint density at radius 1 is 1.11 bits per heavy atom. The van der Waals surface area contributed by atoms with Crippen molar-refractivity contribution in [3.63, 3.8) is 0 Å². The van der Waals surface area contributed by atoms with Crippen LogP contribution in [0.5, 0.6) is 11.5 Å². The number of anilines is 1. The molecule has 1 N–H and O–H groups in total. The van der Waals surface area contributed by atoms with Crippen LogP contribution in [0.4, 0.5) is 5.69 Å². The highest BCUT2D eigenvalue weighted by molar-refractivity contribution is 8.00. The summed E-state index contributed by atoms with van der Waals surface area (Å²) in [5, 5.41) is 2.84. The van der Waals surface area contributed by atoms with Crippen LogP contribution in [0, 0.1) is 13.8 Å². The van der Waals surface area contributed by atoms with E-state index in [1.165, 1.54) is 11.8 Å². The van der Waals surface area contributed by atoms with Gasteiger partial charge in [0.1, 0.15) is 13.2 Å². The summed E-state index contributed by atoms with van der Waals surface area (Å²) in [5.41, 5.74) is 2.67. The normalized spacial score (nSPS) is 13.5. The summed E-state index contributed by atoms with van der Waals surface area (Å²) in [6.45, 7) is 6.45. The Bertz CT molecular complexity index is 863. The number of benzene rings is 2. The zero-order chi connectivity index (χ0) is 20.1. The van der Waals surface area contributed by atoms with Crippen LogP contribution in [0.3, 0.4) is 0 Å². The van der Waals surface area contributed by atoms with Crippen LogP contribution in [-0.4, -0.2) is 36.9 Å². The molecule has 0 bridgehead atoms. The Hall–Kier alpha value is -2.67. The maximum Gasteiger partial charge on any atom is 0.317 e. The number of carbonyl (C=O) groups is 2. The molecule has 148 valence electrons. The maximum atomic E-state index is 12.4.